The van der Waals surface area contributed by atoms with E-state index in [1.807, 2.05) is 13.0 Å². The first-order valence-corrected chi connectivity index (χ1v) is 14.5. The standard InChI is InChI=1S/C28H20Cl2FN3O4S2/c1-2-38-20-5-3-4-16(12-20)23-22(24(35)15-7-10-19(31)11-8-15)25(36)26(37)34(23)27-32-33-28(40-27)39-14-17-6-9-18(29)13-21(17)30/h3-13,23,35H,2,14H2,1H3/b24-22+. The zero-order valence-corrected chi connectivity index (χ0v) is 24.0. The summed E-state index contributed by atoms with van der Waals surface area (Å²) in [5.74, 6) is -1.69. The Bertz CT molecular complexity index is 1630. The van der Waals surface area contributed by atoms with Gasteiger partial charge in [0.15, 0.2) is 4.34 Å². The first kappa shape index (κ1) is 28.1. The quantitative estimate of drug-likeness (QED) is 0.0730. The number of aliphatic hydroxyl groups is 1. The van der Waals surface area contributed by atoms with Crippen LogP contribution in [0.4, 0.5) is 9.52 Å². The van der Waals surface area contributed by atoms with Gasteiger partial charge in [-0.1, -0.05) is 64.5 Å². The molecule has 1 atom stereocenters. The molecular formula is C28H20Cl2FN3O4S2. The van der Waals surface area contributed by atoms with Gasteiger partial charge in [0, 0.05) is 21.4 Å². The van der Waals surface area contributed by atoms with Gasteiger partial charge >= 0.3 is 5.91 Å². The minimum Gasteiger partial charge on any atom is -0.507 e. The van der Waals surface area contributed by atoms with Crippen LogP contribution in [0, 0.1) is 5.82 Å². The van der Waals surface area contributed by atoms with Crippen molar-refractivity contribution in [3.8, 4) is 5.75 Å². The van der Waals surface area contributed by atoms with Crippen LogP contribution in [0.5, 0.6) is 5.75 Å². The summed E-state index contributed by atoms with van der Waals surface area (Å²) in [6.07, 6.45) is 0. The molecule has 5 rings (SSSR count). The van der Waals surface area contributed by atoms with E-state index in [1.165, 1.54) is 28.8 Å². The molecule has 1 aliphatic heterocycles. The lowest BCUT2D eigenvalue weighted by Gasteiger charge is -2.23. The fourth-order valence-electron chi connectivity index (χ4n) is 4.19. The lowest BCUT2D eigenvalue weighted by molar-refractivity contribution is -0.132. The van der Waals surface area contributed by atoms with Gasteiger partial charge in [0.25, 0.3) is 5.78 Å². The molecule has 4 aromatic rings. The van der Waals surface area contributed by atoms with Gasteiger partial charge in [-0.3, -0.25) is 14.5 Å². The number of ketones is 1. The first-order valence-electron chi connectivity index (χ1n) is 12.0. The highest BCUT2D eigenvalue weighted by Crippen LogP contribution is 2.44. The molecule has 1 saturated heterocycles. The predicted molar refractivity (Wildman–Crippen MR) is 155 cm³/mol. The molecule has 1 N–H and O–H groups in total. The van der Waals surface area contributed by atoms with Crippen molar-refractivity contribution in [2.45, 2.75) is 23.1 Å². The second-order valence-electron chi connectivity index (χ2n) is 8.56. The second-order valence-corrected chi connectivity index (χ2v) is 11.6. The predicted octanol–water partition coefficient (Wildman–Crippen LogP) is 7.30. The van der Waals surface area contributed by atoms with Crippen molar-refractivity contribution >= 4 is 68.9 Å². The number of hydrogen-bond donors (Lipinski definition) is 1. The third-order valence-corrected chi connectivity index (χ3v) is 8.71. The summed E-state index contributed by atoms with van der Waals surface area (Å²) in [5.41, 5.74) is 1.41. The number of hydrogen-bond acceptors (Lipinski definition) is 8. The third-order valence-electron chi connectivity index (χ3n) is 6.02. The summed E-state index contributed by atoms with van der Waals surface area (Å²) in [6.45, 7) is 2.25. The van der Waals surface area contributed by atoms with Crippen LogP contribution in [0.15, 0.2) is 76.6 Å². The van der Waals surface area contributed by atoms with Gasteiger partial charge in [-0.2, -0.15) is 0 Å². The molecule has 2 heterocycles. The van der Waals surface area contributed by atoms with Gasteiger partial charge in [0.1, 0.15) is 17.3 Å². The molecule has 1 aliphatic rings. The summed E-state index contributed by atoms with van der Waals surface area (Å²) in [7, 11) is 0. The SMILES string of the molecule is CCOc1cccc(C2/C(=C(\O)c3ccc(F)cc3)C(=O)C(=O)N2c2nnc(SCc3ccc(Cl)cc3Cl)s2)c1. The average Bonchev–Trinajstić information content (AvgIpc) is 3.50. The van der Waals surface area contributed by atoms with Gasteiger partial charge in [-0.15, -0.1) is 10.2 Å². The molecular weight excluding hydrogens is 596 g/mol. The Labute approximate surface area is 247 Å². The van der Waals surface area contributed by atoms with Crippen molar-refractivity contribution in [3.05, 3.63) is 105 Å². The van der Waals surface area contributed by atoms with E-state index in [1.54, 1.807) is 36.4 Å². The van der Waals surface area contributed by atoms with E-state index in [2.05, 4.69) is 10.2 Å². The summed E-state index contributed by atoms with van der Waals surface area (Å²) in [4.78, 5) is 28.0. The zero-order valence-electron chi connectivity index (χ0n) is 20.8. The van der Waals surface area contributed by atoms with E-state index in [0.717, 1.165) is 29.0 Å². The molecule has 1 aromatic heterocycles. The Balaban J connectivity index is 1.54. The fraction of sp³-hybridized carbons (Fsp3) is 0.143. The number of thioether (sulfide) groups is 1. The maximum atomic E-state index is 13.6. The summed E-state index contributed by atoms with van der Waals surface area (Å²) >= 11 is 14.8. The Morgan fingerprint density at radius 3 is 2.60 bits per heavy atom. The van der Waals surface area contributed by atoms with Gasteiger partial charge < -0.3 is 9.84 Å². The molecule has 0 saturated carbocycles. The number of carbonyl (C=O) groups is 2. The van der Waals surface area contributed by atoms with Crippen LogP contribution in [-0.2, 0) is 15.3 Å². The van der Waals surface area contributed by atoms with Crippen molar-refractivity contribution in [1.82, 2.24) is 10.2 Å². The highest BCUT2D eigenvalue weighted by Gasteiger charge is 2.48. The molecule has 12 heteroatoms. The number of Topliss-reactive ketones (excluding diaryl/α,β-unsaturated/α-hetero) is 1. The van der Waals surface area contributed by atoms with Crippen molar-refractivity contribution < 1.29 is 23.8 Å². The zero-order chi connectivity index (χ0) is 28.4. The number of carbonyl (C=O) groups excluding carboxylic acids is 2. The van der Waals surface area contributed by atoms with Gasteiger partial charge in [-0.05, 0) is 66.6 Å². The second kappa shape index (κ2) is 12.0. The van der Waals surface area contributed by atoms with E-state index in [9.17, 15) is 19.1 Å². The molecule has 7 nitrogen and oxygen atoms in total. The molecule has 0 aliphatic carbocycles. The van der Waals surface area contributed by atoms with Crippen LogP contribution in [0.2, 0.25) is 10.0 Å². The lowest BCUT2D eigenvalue weighted by Crippen LogP contribution is -2.29. The monoisotopic (exact) mass is 615 g/mol. The lowest BCUT2D eigenvalue weighted by atomic mass is 9.95. The van der Waals surface area contributed by atoms with Crippen molar-refractivity contribution in [2.75, 3.05) is 11.5 Å². The molecule has 0 radical (unpaired) electrons. The number of aliphatic hydroxyl groups excluding tert-OH is 1. The third kappa shape index (κ3) is 5.71. The largest absolute Gasteiger partial charge is 0.507 e. The Morgan fingerprint density at radius 1 is 1.10 bits per heavy atom. The summed E-state index contributed by atoms with van der Waals surface area (Å²) in [5, 5.41) is 20.8. The van der Waals surface area contributed by atoms with E-state index >= 15 is 0 Å². The maximum absolute atomic E-state index is 13.6. The van der Waals surface area contributed by atoms with Crippen LogP contribution in [0.3, 0.4) is 0 Å². The molecule has 0 spiro atoms. The summed E-state index contributed by atoms with van der Waals surface area (Å²) < 4.78 is 19.7. The average molecular weight is 617 g/mol. The number of anilines is 1. The number of rotatable bonds is 8. The molecule has 1 fully saturated rings. The van der Waals surface area contributed by atoms with E-state index in [0.29, 0.717) is 38.1 Å². The Morgan fingerprint density at radius 2 is 1.88 bits per heavy atom. The minimum atomic E-state index is -1.03. The number of aromatic nitrogens is 2. The van der Waals surface area contributed by atoms with Crippen molar-refractivity contribution in [1.29, 1.82) is 0 Å². The number of nitrogens with zero attached hydrogens (tertiary/aromatic N) is 3. The Hall–Kier alpha value is -3.44. The van der Waals surface area contributed by atoms with Gasteiger partial charge in [0.05, 0.1) is 18.2 Å². The summed E-state index contributed by atoms with van der Waals surface area (Å²) in [6, 6.07) is 16.1. The first-order chi connectivity index (χ1) is 19.3. The minimum absolute atomic E-state index is 0.150. The number of ether oxygens (including phenoxy) is 1. The Kier molecular flexibility index (Phi) is 8.41. The van der Waals surface area contributed by atoms with Crippen molar-refractivity contribution in [3.63, 3.8) is 0 Å². The van der Waals surface area contributed by atoms with E-state index < -0.39 is 29.3 Å². The molecule has 1 amide bonds. The van der Waals surface area contributed by atoms with Crippen LogP contribution in [0.1, 0.15) is 29.7 Å². The smallest absolute Gasteiger partial charge is 0.301 e. The maximum Gasteiger partial charge on any atom is 0.301 e. The highest BCUT2D eigenvalue weighted by molar-refractivity contribution is 8.00. The number of benzene rings is 3. The molecule has 204 valence electrons. The normalized spacial score (nSPS) is 16.5. The molecule has 0 bridgehead atoms. The topological polar surface area (TPSA) is 92.6 Å². The molecule has 40 heavy (non-hydrogen) atoms. The van der Waals surface area contributed by atoms with Gasteiger partial charge in [0.2, 0.25) is 5.13 Å². The fourth-order valence-corrected chi connectivity index (χ4v) is 6.61. The van der Waals surface area contributed by atoms with Gasteiger partial charge in [-0.25, -0.2) is 4.39 Å². The number of halogens is 3. The van der Waals surface area contributed by atoms with Crippen LogP contribution in [-0.4, -0.2) is 33.6 Å². The molecule has 3 aromatic carbocycles. The van der Waals surface area contributed by atoms with Crippen LogP contribution < -0.4 is 9.64 Å². The van der Waals surface area contributed by atoms with E-state index in [-0.39, 0.29) is 16.3 Å². The van der Waals surface area contributed by atoms with Crippen LogP contribution >= 0.6 is 46.3 Å². The van der Waals surface area contributed by atoms with Crippen LogP contribution in [0.25, 0.3) is 5.76 Å². The van der Waals surface area contributed by atoms with Crippen molar-refractivity contribution in [2.24, 2.45) is 0 Å². The molecule has 1 unspecified atom stereocenters. The van der Waals surface area contributed by atoms with E-state index in [4.69, 9.17) is 27.9 Å². The number of amides is 1. The highest BCUT2D eigenvalue weighted by atomic mass is 35.5.